The minimum absolute atomic E-state index is 0.0349. The van der Waals surface area contributed by atoms with Gasteiger partial charge in [-0.25, -0.2) is 14.4 Å². The Morgan fingerprint density at radius 1 is 0.971 bits per heavy atom. The van der Waals surface area contributed by atoms with Crippen molar-refractivity contribution in [3.05, 3.63) is 35.4 Å². The molecule has 0 unspecified atom stereocenters. The van der Waals surface area contributed by atoms with Crippen LogP contribution in [0.25, 0.3) is 0 Å². The molecule has 9 atom stereocenters. The lowest BCUT2D eigenvalue weighted by atomic mass is 9.63. The van der Waals surface area contributed by atoms with Crippen LogP contribution >= 0.6 is 0 Å². The average molecular weight is 496 g/mol. The number of hydrogen-bond donors (Lipinski definition) is 7. The summed E-state index contributed by atoms with van der Waals surface area (Å²) in [6, 6.07) is 7.34. The van der Waals surface area contributed by atoms with Crippen molar-refractivity contribution in [2.45, 2.75) is 79.9 Å². The first kappa shape index (κ1) is 25.5. The van der Waals surface area contributed by atoms with Gasteiger partial charge in [0, 0.05) is 11.8 Å². The predicted octanol–water partition coefficient (Wildman–Crippen LogP) is -1.15. The van der Waals surface area contributed by atoms with E-state index in [1.165, 1.54) is 0 Å². The van der Waals surface area contributed by atoms with E-state index in [1.54, 1.807) is 13.0 Å². The van der Waals surface area contributed by atoms with Crippen molar-refractivity contribution < 1.29 is 59.6 Å². The molecule has 2 heterocycles. The molecule has 0 spiro atoms. The zero-order valence-corrected chi connectivity index (χ0v) is 19.0. The van der Waals surface area contributed by atoms with Crippen LogP contribution in [-0.2, 0) is 35.7 Å². The molecule has 2 aliphatic heterocycles. The van der Waals surface area contributed by atoms with E-state index >= 15 is 0 Å². The summed E-state index contributed by atoms with van der Waals surface area (Å²) in [6.45, 7) is 3.60. The second kappa shape index (κ2) is 7.95. The van der Waals surface area contributed by atoms with E-state index in [4.69, 9.17) is 9.47 Å². The van der Waals surface area contributed by atoms with Gasteiger partial charge in [-0.3, -0.25) is 0 Å². The third kappa shape index (κ3) is 3.11. The summed E-state index contributed by atoms with van der Waals surface area (Å²) < 4.78 is 10.7. The highest BCUT2D eigenvalue weighted by Crippen LogP contribution is 2.56. The minimum Gasteiger partial charge on any atom is -0.479 e. The summed E-state index contributed by atoms with van der Waals surface area (Å²) in [5, 5.41) is 72.6. The Morgan fingerprint density at radius 3 is 2.17 bits per heavy atom. The lowest BCUT2D eigenvalue weighted by Crippen LogP contribution is -2.77. The second-order valence-corrected chi connectivity index (χ2v) is 9.95. The summed E-state index contributed by atoms with van der Waals surface area (Å²) in [5.74, 6) is -9.22. The highest BCUT2D eigenvalue weighted by molar-refractivity contribution is 5.97. The number of rotatable bonds is 6. The number of hydrogen-bond acceptors (Lipinski definition) is 9. The zero-order valence-electron chi connectivity index (χ0n) is 19.0. The van der Waals surface area contributed by atoms with Crippen molar-refractivity contribution in [2.75, 3.05) is 0 Å². The first-order valence-electron chi connectivity index (χ1n) is 11.1. The first-order valence-corrected chi connectivity index (χ1v) is 11.1. The van der Waals surface area contributed by atoms with E-state index in [-0.39, 0.29) is 12.3 Å². The number of carboxylic acid groups (broad SMARTS) is 3. The summed E-state index contributed by atoms with van der Waals surface area (Å²) in [4.78, 5) is 36.1. The molecule has 4 rings (SSSR count). The Kier molecular flexibility index (Phi) is 5.79. The fourth-order valence-corrected chi connectivity index (χ4v) is 6.04. The number of carboxylic acids is 3. The highest BCUT2D eigenvalue weighted by atomic mass is 16.8. The third-order valence-corrected chi connectivity index (χ3v) is 7.99. The SMILES string of the molecule is C[C@H]1Cc2ccccc2[C@@](C)(CC[C@]23O[C@H](C(=O)O)[C@@](O)(C(=O)O)[C@](C(=O)O)(O2)[C@H](O)[C@H]3O)[C@H]1O. The maximum absolute atomic E-state index is 12.2. The molecule has 192 valence electrons. The lowest BCUT2D eigenvalue weighted by molar-refractivity contribution is -0.375. The molecular formula is C23H28O12. The van der Waals surface area contributed by atoms with Crippen molar-refractivity contribution >= 4 is 17.9 Å². The molecule has 7 N–H and O–H groups in total. The van der Waals surface area contributed by atoms with Gasteiger partial charge >= 0.3 is 17.9 Å². The number of benzene rings is 1. The molecular weight excluding hydrogens is 468 g/mol. The van der Waals surface area contributed by atoms with Crippen LogP contribution in [0.3, 0.4) is 0 Å². The van der Waals surface area contributed by atoms with E-state index < -0.39 is 71.1 Å². The summed E-state index contributed by atoms with van der Waals surface area (Å²) in [5.41, 5.74) is -6.45. The van der Waals surface area contributed by atoms with Crippen LogP contribution in [0.4, 0.5) is 0 Å². The molecule has 12 nitrogen and oxygen atoms in total. The molecule has 1 aromatic carbocycles. The fourth-order valence-electron chi connectivity index (χ4n) is 6.04. The molecule has 0 aromatic heterocycles. The second-order valence-electron chi connectivity index (χ2n) is 9.95. The van der Waals surface area contributed by atoms with Gasteiger partial charge in [0.15, 0.2) is 5.79 Å². The molecule has 0 radical (unpaired) electrons. The molecule has 12 heteroatoms. The number of fused-ring (bicyclic) bond motifs is 3. The standard InChI is InChI=1S/C23H28O12/c1-10-9-11-5-3-4-6-12(11)20(2,13(10)24)7-8-21-14(25)15(26)23(35-21,19(31)32)22(33,18(29)30)16(34-21)17(27)28/h3-6,10,13-16,24-26,33H,7-9H2,1-2H3,(H,27,28)(H,29,30)(H,31,32)/t10-,13-,14+,15+,16+,20+,21-,22+,23-/m0/s1. The van der Waals surface area contributed by atoms with Gasteiger partial charge in [0.1, 0.15) is 12.2 Å². The van der Waals surface area contributed by atoms with Gasteiger partial charge in [-0.1, -0.05) is 38.1 Å². The lowest BCUT2D eigenvalue weighted by Gasteiger charge is -2.50. The molecule has 35 heavy (non-hydrogen) atoms. The predicted molar refractivity (Wildman–Crippen MR) is 113 cm³/mol. The minimum atomic E-state index is -3.78. The van der Waals surface area contributed by atoms with Gasteiger partial charge in [-0.15, -0.1) is 0 Å². The van der Waals surface area contributed by atoms with Crippen LogP contribution in [0.2, 0.25) is 0 Å². The Hall–Kier alpha value is -2.61. The van der Waals surface area contributed by atoms with Gasteiger partial charge in [-0.05, 0) is 29.9 Å². The Bertz CT molecular complexity index is 1070. The van der Waals surface area contributed by atoms with Crippen LogP contribution in [0.1, 0.15) is 37.8 Å². The molecule has 2 fully saturated rings. The fraction of sp³-hybridized carbons (Fsp3) is 0.609. The zero-order chi connectivity index (χ0) is 26.1. The van der Waals surface area contributed by atoms with Crippen molar-refractivity contribution in [1.82, 2.24) is 0 Å². The van der Waals surface area contributed by atoms with E-state index in [0.717, 1.165) is 11.1 Å². The van der Waals surface area contributed by atoms with E-state index in [2.05, 4.69) is 0 Å². The number of aliphatic hydroxyl groups is 4. The largest absolute Gasteiger partial charge is 0.479 e. The maximum Gasteiger partial charge on any atom is 0.343 e. The average Bonchev–Trinajstić information content (AvgIpc) is 3.00. The molecule has 1 aromatic rings. The van der Waals surface area contributed by atoms with E-state index in [1.807, 2.05) is 25.1 Å². The number of carbonyl (C=O) groups is 3. The topological polar surface area (TPSA) is 211 Å². The summed E-state index contributed by atoms with van der Waals surface area (Å²) in [7, 11) is 0. The van der Waals surface area contributed by atoms with Crippen LogP contribution in [0.15, 0.2) is 24.3 Å². The van der Waals surface area contributed by atoms with Gasteiger partial charge in [0.2, 0.25) is 17.3 Å². The molecule has 3 aliphatic rings. The van der Waals surface area contributed by atoms with Crippen LogP contribution < -0.4 is 0 Å². The molecule has 1 aliphatic carbocycles. The van der Waals surface area contributed by atoms with Crippen molar-refractivity contribution in [3.8, 4) is 0 Å². The number of ether oxygens (including phenoxy) is 2. The molecule has 0 amide bonds. The first-order chi connectivity index (χ1) is 16.2. The van der Waals surface area contributed by atoms with E-state index in [0.29, 0.717) is 6.42 Å². The van der Waals surface area contributed by atoms with Gasteiger partial charge in [-0.2, -0.15) is 0 Å². The van der Waals surface area contributed by atoms with Crippen LogP contribution in [0, 0.1) is 5.92 Å². The van der Waals surface area contributed by atoms with Crippen LogP contribution in [-0.4, -0.2) is 95.1 Å². The Labute approximate surface area is 199 Å². The number of aliphatic hydroxyl groups excluding tert-OH is 3. The van der Waals surface area contributed by atoms with Crippen molar-refractivity contribution in [3.63, 3.8) is 0 Å². The Balaban J connectivity index is 1.80. The maximum atomic E-state index is 12.2. The summed E-state index contributed by atoms with van der Waals surface area (Å²) in [6.07, 6.45) is -8.25. The van der Waals surface area contributed by atoms with E-state index in [9.17, 15) is 50.1 Å². The molecule has 0 saturated carbocycles. The smallest absolute Gasteiger partial charge is 0.343 e. The monoisotopic (exact) mass is 496 g/mol. The van der Waals surface area contributed by atoms with Gasteiger partial charge < -0.3 is 45.2 Å². The number of aliphatic carboxylic acids is 3. The highest BCUT2D eigenvalue weighted by Gasteiger charge is 2.84. The van der Waals surface area contributed by atoms with Gasteiger partial charge in [0.05, 0.1) is 6.10 Å². The normalized spacial score (nSPS) is 44.5. The quantitative estimate of drug-likeness (QED) is 0.249. The molecule has 2 bridgehead atoms. The third-order valence-electron chi connectivity index (χ3n) is 7.99. The van der Waals surface area contributed by atoms with Crippen molar-refractivity contribution in [1.29, 1.82) is 0 Å². The summed E-state index contributed by atoms with van der Waals surface area (Å²) >= 11 is 0. The van der Waals surface area contributed by atoms with Gasteiger partial charge in [0.25, 0.3) is 0 Å². The molecule has 2 saturated heterocycles. The van der Waals surface area contributed by atoms with Crippen LogP contribution in [0.5, 0.6) is 0 Å². The Morgan fingerprint density at radius 2 is 1.60 bits per heavy atom. The van der Waals surface area contributed by atoms with Crippen molar-refractivity contribution in [2.24, 2.45) is 5.92 Å².